The van der Waals surface area contributed by atoms with Crippen LogP contribution in [0.2, 0.25) is 5.02 Å². The van der Waals surface area contributed by atoms with Gasteiger partial charge in [0.25, 0.3) is 0 Å². The zero-order valence-corrected chi connectivity index (χ0v) is 10.3. The first kappa shape index (κ1) is 10.5. The first-order chi connectivity index (χ1) is 8.25. The van der Waals surface area contributed by atoms with Gasteiger partial charge in [-0.05, 0) is 19.1 Å². The number of hydrogen-bond donors (Lipinski definition) is 1. The lowest BCUT2D eigenvalue weighted by atomic mass is 10.1. The number of fused-ring (bicyclic) bond motifs is 1. The zero-order valence-electron chi connectivity index (χ0n) is 9.50. The Kier molecular flexibility index (Phi) is 2.48. The number of pyridine rings is 1. The normalized spacial score (nSPS) is 14.8. The van der Waals surface area contributed by atoms with E-state index in [1.807, 2.05) is 25.1 Å². The molecule has 0 radical (unpaired) electrons. The van der Waals surface area contributed by atoms with Crippen LogP contribution in [0, 0.1) is 6.92 Å². The van der Waals surface area contributed by atoms with Crippen LogP contribution in [0.25, 0.3) is 10.9 Å². The average molecular weight is 246 g/mol. The summed E-state index contributed by atoms with van der Waals surface area (Å²) in [5.74, 6) is 0.942. The van der Waals surface area contributed by atoms with Crippen LogP contribution in [-0.2, 0) is 0 Å². The largest absolute Gasteiger partial charge is 0.368 e. The third-order valence-corrected chi connectivity index (χ3v) is 3.22. The van der Waals surface area contributed by atoms with Crippen LogP contribution in [0.1, 0.15) is 11.3 Å². The first-order valence-corrected chi connectivity index (χ1v) is 5.98. The van der Waals surface area contributed by atoms with Crippen molar-refractivity contribution in [2.24, 2.45) is 4.99 Å². The molecule has 1 N–H and O–H groups in total. The van der Waals surface area contributed by atoms with Crippen molar-refractivity contribution in [3.8, 4) is 0 Å². The van der Waals surface area contributed by atoms with Gasteiger partial charge in [0.1, 0.15) is 5.84 Å². The second kappa shape index (κ2) is 4.00. The van der Waals surface area contributed by atoms with Crippen LogP contribution in [0.5, 0.6) is 0 Å². The maximum Gasteiger partial charge on any atom is 0.130 e. The minimum absolute atomic E-state index is 0.693. The van der Waals surface area contributed by atoms with E-state index < -0.39 is 0 Å². The topological polar surface area (TPSA) is 37.3 Å². The minimum atomic E-state index is 0.693. The number of halogens is 1. The second-order valence-electron chi connectivity index (χ2n) is 4.09. The van der Waals surface area contributed by atoms with E-state index in [9.17, 15) is 0 Å². The number of nitrogens with zero attached hydrogens (tertiary/aromatic N) is 2. The van der Waals surface area contributed by atoms with E-state index in [1.54, 1.807) is 0 Å². The van der Waals surface area contributed by atoms with E-state index in [-0.39, 0.29) is 0 Å². The molecule has 0 bridgehead atoms. The summed E-state index contributed by atoms with van der Waals surface area (Å²) in [4.78, 5) is 9.00. The van der Waals surface area contributed by atoms with E-state index >= 15 is 0 Å². The van der Waals surface area contributed by atoms with Gasteiger partial charge in [0.2, 0.25) is 0 Å². The molecule has 0 aliphatic carbocycles. The van der Waals surface area contributed by atoms with Gasteiger partial charge >= 0.3 is 0 Å². The van der Waals surface area contributed by atoms with E-state index in [4.69, 9.17) is 11.6 Å². The van der Waals surface area contributed by atoms with Gasteiger partial charge in [-0.3, -0.25) is 9.98 Å². The quantitative estimate of drug-likeness (QED) is 0.839. The van der Waals surface area contributed by atoms with Gasteiger partial charge in [0.15, 0.2) is 0 Å². The summed E-state index contributed by atoms with van der Waals surface area (Å²) in [5, 5.41) is 5.01. The van der Waals surface area contributed by atoms with Gasteiger partial charge in [-0.15, -0.1) is 0 Å². The Morgan fingerprint density at radius 2 is 2.24 bits per heavy atom. The number of aryl methyl sites for hydroxylation is 1. The van der Waals surface area contributed by atoms with Crippen molar-refractivity contribution in [3.63, 3.8) is 0 Å². The number of hydrogen-bond acceptors (Lipinski definition) is 3. The Morgan fingerprint density at radius 3 is 3.00 bits per heavy atom. The molecule has 0 fully saturated rings. The number of para-hydroxylation sites is 1. The fourth-order valence-corrected chi connectivity index (χ4v) is 2.30. The van der Waals surface area contributed by atoms with Gasteiger partial charge in [0, 0.05) is 23.2 Å². The van der Waals surface area contributed by atoms with Crippen molar-refractivity contribution < 1.29 is 0 Å². The van der Waals surface area contributed by atoms with E-state index in [2.05, 4.69) is 21.4 Å². The molecule has 1 aliphatic heterocycles. The molecule has 2 heterocycles. The molecule has 17 heavy (non-hydrogen) atoms. The fourth-order valence-electron chi connectivity index (χ4n) is 2.07. The number of rotatable bonds is 1. The molecule has 86 valence electrons. The molecule has 2 aromatic rings. The lowest BCUT2D eigenvalue weighted by molar-refractivity contribution is 0.959. The highest BCUT2D eigenvalue weighted by molar-refractivity contribution is 6.35. The molecule has 1 aromatic heterocycles. The third kappa shape index (κ3) is 1.76. The molecular formula is C13H12ClN3. The van der Waals surface area contributed by atoms with Crippen molar-refractivity contribution in [3.05, 3.63) is 40.5 Å². The number of aliphatic imine (C=N–C) groups is 1. The molecule has 0 unspecified atom stereocenters. The summed E-state index contributed by atoms with van der Waals surface area (Å²) in [6.45, 7) is 3.73. The highest BCUT2D eigenvalue weighted by Crippen LogP contribution is 2.23. The van der Waals surface area contributed by atoms with E-state index in [0.717, 1.165) is 41.1 Å². The summed E-state index contributed by atoms with van der Waals surface area (Å²) in [6.07, 6.45) is 0. The molecule has 0 saturated heterocycles. The Morgan fingerprint density at radius 1 is 1.35 bits per heavy atom. The zero-order chi connectivity index (χ0) is 11.8. The molecular weight excluding hydrogens is 234 g/mol. The van der Waals surface area contributed by atoms with Crippen LogP contribution in [0.4, 0.5) is 0 Å². The second-order valence-corrected chi connectivity index (χ2v) is 4.50. The summed E-state index contributed by atoms with van der Waals surface area (Å²) in [7, 11) is 0. The standard InChI is InChI=1S/C13H12ClN3/c1-8-10(13-15-5-6-16-13)7-9-3-2-4-11(14)12(9)17-8/h2-4,7H,5-6H2,1H3,(H,15,16). The van der Waals surface area contributed by atoms with Crippen molar-refractivity contribution in [1.82, 2.24) is 10.3 Å². The van der Waals surface area contributed by atoms with Crippen molar-refractivity contribution in [2.75, 3.05) is 13.1 Å². The Bertz CT molecular complexity index is 619. The third-order valence-electron chi connectivity index (χ3n) is 2.92. The van der Waals surface area contributed by atoms with Gasteiger partial charge in [-0.1, -0.05) is 23.7 Å². The van der Waals surface area contributed by atoms with Crippen LogP contribution in [0.15, 0.2) is 29.3 Å². The summed E-state index contributed by atoms with van der Waals surface area (Å²) in [5.41, 5.74) is 2.88. The van der Waals surface area contributed by atoms with Crippen molar-refractivity contribution in [2.45, 2.75) is 6.92 Å². The van der Waals surface area contributed by atoms with Crippen LogP contribution in [-0.4, -0.2) is 23.9 Å². The Labute approximate surface area is 105 Å². The molecule has 1 aliphatic rings. The lowest BCUT2D eigenvalue weighted by Crippen LogP contribution is -2.20. The maximum atomic E-state index is 6.13. The van der Waals surface area contributed by atoms with E-state index in [1.165, 1.54) is 0 Å². The number of nitrogens with one attached hydrogen (secondary N) is 1. The lowest BCUT2D eigenvalue weighted by Gasteiger charge is -2.08. The Balaban J connectivity index is 2.24. The smallest absolute Gasteiger partial charge is 0.130 e. The van der Waals surface area contributed by atoms with Crippen LogP contribution < -0.4 is 5.32 Å². The van der Waals surface area contributed by atoms with Gasteiger partial charge in [-0.25, -0.2) is 0 Å². The molecule has 0 spiro atoms. The van der Waals surface area contributed by atoms with Gasteiger partial charge < -0.3 is 5.32 Å². The molecule has 0 atom stereocenters. The molecule has 1 aromatic carbocycles. The predicted octanol–water partition coefficient (Wildman–Crippen LogP) is 2.55. The number of amidine groups is 1. The molecule has 4 heteroatoms. The fraction of sp³-hybridized carbons (Fsp3) is 0.231. The SMILES string of the molecule is Cc1nc2c(Cl)cccc2cc1C1=NCCN1. The van der Waals surface area contributed by atoms with Crippen molar-refractivity contribution in [1.29, 1.82) is 0 Å². The highest BCUT2D eigenvalue weighted by atomic mass is 35.5. The average Bonchev–Trinajstić information content (AvgIpc) is 2.83. The predicted molar refractivity (Wildman–Crippen MR) is 70.9 cm³/mol. The van der Waals surface area contributed by atoms with E-state index in [0.29, 0.717) is 5.02 Å². The Hall–Kier alpha value is -1.61. The summed E-state index contributed by atoms with van der Waals surface area (Å²) in [6, 6.07) is 7.92. The van der Waals surface area contributed by atoms with Crippen LogP contribution >= 0.6 is 11.6 Å². The molecule has 3 nitrogen and oxygen atoms in total. The number of aromatic nitrogens is 1. The summed E-state index contributed by atoms with van der Waals surface area (Å²) >= 11 is 6.13. The monoisotopic (exact) mass is 245 g/mol. The maximum absolute atomic E-state index is 6.13. The molecule has 3 rings (SSSR count). The van der Waals surface area contributed by atoms with Crippen molar-refractivity contribution >= 4 is 28.3 Å². The molecule has 0 amide bonds. The minimum Gasteiger partial charge on any atom is -0.368 e. The van der Waals surface area contributed by atoms with Crippen LogP contribution in [0.3, 0.4) is 0 Å². The first-order valence-electron chi connectivity index (χ1n) is 5.60. The molecule has 0 saturated carbocycles. The summed E-state index contributed by atoms with van der Waals surface area (Å²) < 4.78 is 0. The highest BCUT2D eigenvalue weighted by Gasteiger charge is 2.13. The van der Waals surface area contributed by atoms with Gasteiger partial charge in [0.05, 0.1) is 17.1 Å². The van der Waals surface area contributed by atoms with Gasteiger partial charge in [-0.2, -0.15) is 0 Å². The number of benzene rings is 1.